The van der Waals surface area contributed by atoms with Crippen molar-refractivity contribution in [3.05, 3.63) is 12.2 Å². The van der Waals surface area contributed by atoms with Crippen LogP contribution in [0.25, 0.3) is 0 Å². The fourth-order valence-corrected chi connectivity index (χ4v) is 0.389. The molecule has 0 saturated carbocycles. The number of hydrogen-bond acceptors (Lipinski definition) is 2. The van der Waals surface area contributed by atoms with Crippen LogP contribution in [0, 0.1) is 0 Å². The van der Waals surface area contributed by atoms with Crippen LogP contribution in [-0.4, -0.2) is 15.4 Å². The van der Waals surface area contributed by atoms with Gasteiger partial charge in [-0.3, -0.25) is 8.74 Å². The molecule has 1 unspecified atom stereocenters. The van der Waals surface area contributed by atoms with Gasteiger partial charge in [0.1, 0.15) is 0 Å². The van der Waals surface area contributed by atoms with Gasteiger partial charge in [0.25, 0.3) is 0 Å². The van der Waals surface area contributed by atoms with E-state index in [1.54, 1.807) is 12.2 Å². The lowest BCUT2D eigenvalue weighted by molar-refractivity contribution is 0.342. The molecule has 0 aromatic rings. The standard InChI is InChI=1S/C4H8O3S/c1-2-3-4-7-8(5)6/h2-3H,4H2,1H3,(H,5,6). The Balaban J connectivity index is 3.05. The molecule has 0 saturated heterocycles. The van der Waals surface area contributed by atoms with E-state index >= 15 is 0 Å². The van der Waals surface area contributed by atoms with E-state index < -0.39 is 11.4 Å². The Kier molecular flexibility index (Phi) is 4.84. The third-order valence-corrected chi connectivity index (χ3v) is 0.839. The SMILES string of the molecule is CC=CCOS(=O)O. The first-order valence-corrected chi connectivity index (χ1v) is 3.16. The molecule has 0 aromatic heterocycles. The fraction of sp³-hybridized carbons (Fsp3) is 0.500. The maximum Gasteiger partial charge on any atom is 0.302 e. The van der Waals surface area contributed by atoms with E-state index in [9.17, 15) is 4.21 Å². The predicted molar refractivity (Wildman–Crippen MR) is 31.5 cm³/mol. The zero-order valence-electron chi connectivity index (χ0n) is 4.53. The van der Waals surface area contributed by atoms with Gasteiger partial charge in [0.05, 0.1) is 6.61 Å². The zero-order valence-corrected chi connectivity index (χ0v) is 5.35. The molecule has 0 rings (SSSR count). The van der Waals surface area contributed by atoms with Gasteiger partial charge in [0.2, 0.25) is 0 Å². The normalized spacial score (nSPS) is 14.8. The molecule has 0 fully saturated rings. The molecule has 4 heteroatoms. The molecule has 48 valence electrons. The van der Waals surface area contributed by atoms with Crippen molar-refractivity contribution in [2.45, 2.75) is 6.92 Å². The largest absolute Gasteiger partial charge is 0.302 e. The maximum absolute atomic E-state index is 9.73. The monoisotopic (exact) mass is 136 g/mol. The third kappa shape index (κ3) is 5.81. The van der Waals surface area contributed by atoms with Crippen LogP contribution in [0.15, 0.2) is 12.2 Å². The topological polar surface area (TPSA) is 46.5 Å². The van der Waals surface area contributed by atoms with Gasteiger partial charge in [-0.15, -0.1) is 0 Å². The Morgan fingerprint density at radius 2 is 2.50 bits per heavy atom. The average molecular weight is 136 g/mol. The van der Waals surface area contributed by atoms with E-state index in [-0.39, 0.29) is 6.61 Å². The predicted octanol–water partition coefficient (Wildman–Crippen LogP) is 0.716. The van der Waals surface area contributed by atoms with Gasteiger partial charge in [0.15, 0.2) is 0 Å². The van der Waals surface area contributed by atoms with Gasteiger partial charge >= 0.3 is 11.4 Å². The summed E-state index contributed by atoms with van der Waals surface area (Å²) < 4.78 is 21.9. The van der Waals surface area contributed by atoms with Crippen LogP contribution in [0.2, 0.25) is 0 Å². The minimum absolute atomic E-state index is 0.194. The van der Waals surface area contributed by atoms with E-state index in [0.29, 0.717) is 0 Å². The smallest absolute Gasteiger partial charge is 0.284 e. The summed E-state index contributed by atoms with van der Waals surface area (Å²) in [5.41, 5.74) is 0. The molecule has 8 heavy (non-hydrogen) atoms. The van der Waals surface area contributed by atoms with Crippen LogP contribution in [0.1, 0.15) is 6.92 Å². The first-order chi connectivity index (χ1) is 3.77. The summed E-state index contributed by atoms with van der Waals surface area (Å²) in [6.45, 7) is 2.00. The van der Waals surface area contributed by atoms with Crippen molar-refractivity contribution in [2.75, 3.05) is 6.61 Å². The summed E-state index contributed by atoms with van der Waals surface area (Å²) in [5, 5.41) is 0. The number of allylic oxidation sites excluding steroid dienone is 1. The van der Waals surface area contributed by atoms with Crippen LogP contribution in [0.4, 0.5) is 0 Å². The van der Waals surface area contributed by atoms with E-state index in [1.165, 1.54) is 0 Å². The lowest BCUT2D eigenvalue weighted by Crippen LogP contribution is -1.93. The highest BCUT2D eigenvalue weighted by atomic mass is 32.2. The molecule has 1 N–H and O–H groups in total. The highest BCUT2D eigenvalue weighted by Crippen LogP contribution is 1.78. The van der Waals surface area contributed by atoms with E-state index in [4.69, 9.17) is 4.55 Å². The highest BCUT2D eigenvalue weighted by Gasteiger charge is 1.85. The van der Waals surface area contributed by atoms with E-state index in [2.05, 4.69) is 4.18 Å². The van der Waals surface area contributed by atoms with Crippen LogP contribution in [0.3, 0.4) is 0 Å². The summed E-state index contributed by atoms with van der Waals surface area (Å²) in [7, 11) is 0. The lowest BCUT2D eigenvalue weighted by atomic mass is 10.6. The van der Waals surface area contributed by atoms with Gasteiger partial charge in [-0.1, -0.05) is 12.2 Å². The zero-order chi connectivity index (χ0) is 6.41. The first kappa shape index (κ1) is 7.81. The van der Waals surface area contributed by atoms with Crippen molar-refractivity contribution in [1.29, 1.82) is 0 Å². The Labute approximate surface area is 50.8 Å². The molecule has 0 bridgehead atoms. The van der Waals surface area contributed by atoms with Gasteiger partial charge in [-0.2, -0.15) is 4.21 Å². The summed E-state index contributed by atoms with van der Waals surface area (Å²) in [6, 6.07) is 0. The van der Waals surface area contributed by atoms with Gasteiger partial charge in [0, 0.05) is 0 Å². The van der Waals surface area contributed by atoms with Crippen molar-refractivity contribution in [1.82, 2.24) is 0 Å². The second kappa shape index (κ2) is 4.96. The molecular formula is C4H8O3S. The molecule has 0 aliphatic carbocycles. The first-order valence-electron chi connectivity index (χ1n) is 2.12. The molecule has 0 aliphatic rings. The van der Waals surface area contributed by atoms with Crippen molar-refractivity contribution in [3.63, 3.8) is 0 Å². The number of hydrogen-bond donors (Lipinski definition) is 1. The number of rotatable bonds is 3. The molecule has 1 atom stereocenters. The quantitative estimate of drug-likeness (QED) is 0.459. The Bertz CT molecular complexity index is 99.5. The van der Waals surface area contributed by atoms with Gasteiger partial charge < -0.3 is 0 Å². The maximum atomic E-state index is 9.73. The molecule has 3 nitrogen and oxygen atoms in total. The molecule has 0 aromatic carbocycles. The molecule has 0 heterocycles. The molecule has 0 radical (unpaired) electrons. The lowest BCUT2D eigenvalue weighted by Gasteiger charge is -1.87. The van der Waals surface area contributed by atoms with Crippen molar-refractivity contribution >= 4 is 11.4 Å². The summed E-state index contributed by atoms with van der Waals surface area (Å²) in [5.74, 6) is 0. The highest BCUT2D eigenvalue weighted by molar-refractivity contribution is 7.74. The minimum Gasteiger partial charge on any atom is -0.284 e. The van der Waals surface area contributed by atoms with Crippen LogP contribution in [0.5, 0.6) is 0 Å². The van der Waals surface area contributed by atoms with E-state index in [1.807, 2.05) is 6.92 Å². The Morgan fingerprint density at radius 3 is 2.88 bits per heavy atom. The second-order valence-electron chi connectivity index (χ2n) is 1.07. The molecule has 0 spiro atoms. The fourth-order valence-electron chi connectivity index (χ4n) is 0.194. The molecular weight excluding hydrogens is 128 g/mol. The summed E-state index contributed by atoms with van der Waals surface area (Å²) >= 11 is -2.12. The molecule has 0 amide bonds. The molecule has 0 aliphatic heterocycles. The van der Waals surface area contributed by atoms with Crippen LogP contribution >= 0.6 is 0 Å². The van der Waals surface area contributed by atoms with Crippen LogP contribution in [-0.2, 0) is 15.5 Å². The van der Waals surface area contributed by atoms with E-state index in [0.717, 1.165) is 0 Å². The Morgan fingerprint density at radius 1 is 1.88 bits per heavy atom. The van der Waals surface area contributed by atoms with Crippen molar-refractivity contribution in [3.8, 4) is 0 Å². The third-order valence-electron chi connectivity index (χ3n) is 0.501. The van der Waals surface area contributed by atoms with Crippen molar-refractivity contribution in [2.24, 2.45) is 0 Å². The van der Waals surface area contributed by atoms with Crippen LogP contribution < -0.4 is 0 Å². The summed E-state index contributed by atoms with van der Waals surface area (Å²) in [4.78, 5) is 0. The van der Waals surface area contributed by atoms with Crippen molar-refractivity contribution < 1.29 is 12.9 Å². The van der Waals surface area contributed by atoms with Gasteiger partial charge in [-0.25, -0.2) is 0 Å². The second-order valence-corrected chi connectivity index (χ2v) is 1.74. The minimum atomic E-state index is -2.12. The Hall–Kier alpha value is -0.190. The average Bonchev–Trinajstić information content (AvgIpc) is 1.66. The van der Waals surface area contributed by atoms with Gasteiger partial charge in [-0.05, 0) is 6.92 Å². The summed E-state index contributed by atoms with van der Waals surface area (Å²) in [6.07, 6.45) is 3.39.